The normalized spacial score (nSPS) is 19.7. The van der Waals surface area contributed by atoms with Crippen LogP contribution in [0.25, 0.3) is 0 Å². The molecule has 0 spiro atoms. The summed E-state index contributed by atoms with van der Waals surface area (Å²) in [5.41, 5.74) is 0. The molecule has 114 valence electrons. The molecule has 9 heteroatoms. The van der Waals surface area contributed by atoms with Crippen molar-refractivity contribution in [2.75, 3.05) is 64.1 Å². The number of piperazine rings is 1. The summed E-state index contributed by atoms with van der Waals surface area (Å²) in [4.78, 5) is 2.18. The highest BCUT2D eigenvalue weighted by Crippen LogP contribution is 2.04. The third kappa shape index (κ3) is 7.21. The number of nitrogens with one attached hydrogen (secondary N) is 1. The van der Waals surface area contributed by atoms with Crippen LogP contribution in [0.3, 0.4) is 0 Å². The predicted octanol–water partition coefficient (Wildman–Crippen LogP) is -1.80. The second kappa shape index (κ2) is 6.98. The maximum absolute atomic E-state index is 11.3. The molecule has 0 aliphatic carbocycles. The summed E-state index contributed by atoms with van der Waals surface area (Å²) in [7, 11) is -5.97. The second-order valence-electron chi connectivity index (χ2n) is 4.88. The smallest absolute Gasteiger partial charge is 0.211 e. The Bertz CT molecular complexity index is 467. The Morgan fingerprint density at radius 3 is 2.00 bits per heavy atom. The van der Waals surface area contributed by atoms with Gasteiger partial charge in [-0.3, -0.25) is 4.90 Å². The van der Waals surface area contributed by atoms with Gasteiger partial charge in [0.2, 0.25) is 10.0 Å². The van der Waals surface area contributed by atoms with E-state index in [4.69, 9.17) is 0 Å². The van der Waals surface area contributed by atoms with E-state index in [2.05, 4.69) is 10.2 Å². The van der Waals surface area contributed by atoms with Crippen molar-refractivity contribution in [3.63, 3.8) is 0 Å². The molecule has 0 saturated carbocycles. The van der Waals surface area contributed by atoms with Crippen LogP contribution in [0, 0.1) is 0 Å². The van der Waals surface area contributed by atoms with Gasteiger partial charge in [-0.25, -0.2) is 16.8 Å². The molecule has 19 heavy (non-hydrogen) atoms. The van der Waals surface area contributed by atoms with Gasteiger partial charge in [-0.05, 0) is 0 Å². The molecule has 1 heterocycles. The van der Waals surface area contributed by atoms with E-state index in [1.807, 2.05) is 0 Å². The van der Waals surface area contributed by atoms with Crippen LogP contribution >= 0.6 is 0 Å². The molecule has 0 aromatic carbocycles. The van der Waals surface area contributed by atoms with E-state index in [-0.39, 0.29) is 5.75 Å². The fourth-order valence-electron chi connectivity index (χ4n) is 1.90. The fourth-order valence-corrected chi connectivity index (χ4v) is 3.25. The first kappa shape index (κ1) is 16.8. The van der Waals surface area contributed by atoms with Gasteiger partial charge in [-0.1, -0.05) is 0 Å². The van der Waals surface area contributed by atoms with E-state index >= 15 is 0 Å². The SMILES string of the molecule is CS(=O)(=O)CCNCCN1CCN(S(C)(=O)=O)CC1. The van der Waals surface area contributed by atoms with Crippen molar-refractivity contribution in [2.24, 2.45) is 0 Å². The Labute approximate surface area is 115 Å². The molecule has 1 aliphatic heterocycles. The summed E-state index contributed by atoms with van der Waals surface area (Å²) >= 11 is 0. The number of nitrogens with zero attached hydrogens (tertiary/aromatic N) is 2. The monoisotopic (exact) mass is 313 g/mol. The molecule has 0 aromatic rings. The molecule has 7 nitrogen and oxygen atoms in total. The molecule has 0 radical (unpaired) electrons. The first-order valence-corrected chi connectivity index (χ1v) is 10.2. The molecule has 1 saturated heterocycles. The fraction of sp³-hybridized carbons (Fsp3) is 1.00. The van der Waals surface area contributed by atoms with Crippen LogP contribution in [-0.2, 0) is 19.9 Å². The Morgan fingerprint density at radius 2 is 1.53 bits per heavy atom. The van der Waals surface area contributed by atoms with E-state index in [1.54, 1.807) is 0 Å². The van der Waals surface area contributed by atoms with Gasteiger partial charge in [0, 0.05) is 52.1 Å². The van der Waals surface area contributed by atoms with E-state index in [1.165, 1.54) is 16.8 Å². The third-order valence-electron chi connectivity index (χ3n) is 3.05. The highest BCUT2D eigenvalue weighted by Gasteiger charge is 2.22. The molecule has 1 rings (SSSR count). The average Bonchev–Trinajstić information content (AvgIpc) is 2.26. The zero-order valence-corrected chi connectivity index (χ0v) is 13.1. The lowest BCUT2D eigenvalue weighted by atomic mass is 10.3. The molecule has 0 amide bonds. The molecule has 1 fully saturated rings. The number of hydrogen-bond donors (Lipinski definition) is 1. The van der Waals surface area contributed by atoms with Crippen LogP contribution in [0.1, 0.15) is 0 Å². The van der Waals surface area contributed by atoms with Gasteiger partial charge in [0.15, 0.2) is 0 Å². The van der Waals surface area contributed by atoms with Crippen LogP contribution in [0.15, 0.2) is 0 Å². The molecule has 0 aromatic heterocycles. The minimum atomic E-state index is -3.07. The van der Waals surface area contributed by atoms with Gasteiger partial charge in [0.05, 0.1) is 12.0 Å². The second-order valence-corrected chi connectivity index (χ2v) is 9.13. The summed E-state index contributed by atoms with van der Waals surface area (Å²) < 4.78 is 46.0. The molecule has 0 unspecified atom stereocenters. The average molecular weight is 313 g/mol. The zero-order valence-electron chi connectivity index (χ0n) is 11.5. The van der Waals surface area contributed by atoms with Crippen LogP contribution in [0.2, 0.25) is 0 Å². The number of rotatable bonds is 7. The van der Waals surface area contributed by atoms with Crippen LogP contribution in [0.4, 0.5) is 0 Å². The van der Waals surface area contributed by atoms with Crippen LogP contribution in [-0.4, -0.2) is 90.1 Å². The first-order chi connectivity index (χ1) is 8.68. The maximum Gasteiger partial charge on any atom is 0.211 e. The Morgan fingerprint density at radius 1 is 0.947 bits per heavy atom. The van der Waals surface area contributed by atoms with Crippen molar-refractivity contribution < 1.29 is 16.8 Å². The van der Waals surface area contributed by atoms with Gasteiger partial charge in [0.25, 0.3) is 0 Å². The lowest BCUT2D eigenvalue weighted by molar-refractivity contribution is 0.190. The van der Waals surface area contributed by atoms with Crippen molar-refractivity contribution in [3.05, 3.63) is 0 Å². The van der Waals surface area contributed by atoms with Crippen molar-refractivity contribution in [1.29, 1.82) is 0 Å². The van der Waals surface area contributed by atoms with Gasteiger partial charge >= 0.3 is 0 Å². The van der Waals surface area contributed by atoms with Crippen molar-refractivity contribution in [1.82, 2.24) is 14.5 Å². The predicted molar refractivity (Wildman–Crippen MR) is 75.4 cm³/mol. The largest absolute Gasteiger partial charge is 0.314 e. The van der Waals surface area contributed by atoms with Crippen molar-refractivity contribution in [2.45, 2.75) is 0 Å². The third-order valence-corrected chi connectivity index (χ3v) is 5.30. The molecular weight excluding hydrogens is 290 g/mol. The summed E-state index contributed by atoms with van der Waals surface area (Å²) in [6.45, 7) is 4.49. The highest BCUT2D eigenvalue weighted by molar-refractivity contribution is 7.90. The Hall–Kier alpha value is -0.220. The van der Waals surface area contributed by atoms with E-state index in [0.717, 1.165) is 19.6 Å². The maximum atomic E-state index is 11.3. The number of sulfonamides is 1. The molecule has 1 aliphatic rings. The van der Waals surface area contributed by atoms with Crippen molar-refractivity contribution >= 4 is 19.9 Å². The van der Waals surface area contributed by atoms with E-state index in [0.29, 0.717) is 26.2 Å². The summed E-state index contributed by atoms with van der Waals surface area (Å²) in [6, 6.07) is 0. The summed E-state index contributed by atoms with van der Waals surface area (Å²) in [6.07, 6.45) is 2.45. The number of hydrogen-bond acceptors (Lipinski definition) is 6. The van der Waals surface area contributed by atoms with Gasteiger partial charge in [-0.2, -0.15) is 4.31 Å². The van der Waals surface area contributed by atoms with Crippen LogP contribution < -0.4 is 5.32 Å². The number of sulfone groups is 1. The Balaban J connectivity index is 2.14. The first-order valence-electron chi connectivity index (χ1n) is 6.24. The molecule has 0 bridgehead atoms. The van der Waals surface area contributed by atoms with Gasteiger partial charge in [-0.15, -0.1) is 0 Å². The molecular formula is C10H23N3O4S2. The lowest BCUT2D eigenvalue weighted by Crippen LogP contribution is -2.49. The minimum Gasteiger partial charge on any atom is -0.314 e. The topological polar surface area (TPSA) is 86.8 Å². The van der Waals surface area contributed by atoms with Gasteiger partial charge in [0.1, 0.15) is 9.84 Å². The van der Waals surface area contributed by atoms with Gasteiger partial charge < -0.3 is 5.32 Å². The Kier molecular flexibility index (Phi) is 6.18. The highest BCUT2D eigenvalue weighted by atomic mass is 32.2. The van der Waals surface area contributed by atoms with E-state index in [9.17, 15) is 16.8 Å². The summed E-state index contributed by atoms with van der Waals surface area (Å²) in [5.74, 6) is 0.148. The zero-order chi connectivity index (χ0) is 14.5. The lowest BCUT2D eigenvalue weighted by Gasteiger charge is -2.33. The minimum absolute atomic E-state index is 0.148. The van der Waals surface area contributed by atoms with E-state index < -0.39 is 19.9 Å². The summed E-state index contributed by atoms with van der Waals surface area (Å²) in [5, 5.41) is 3.08. The quantitative estimate of drug-likeness (QED) is 0.558. The molecule has 1 N–H and O–H groups in total. The standard InChI is InChI=1S/C10H23N3O4S2/c1-18(14,15)10-4-11-3-5-12-6-8-13(9-7-12)19(2,16)17/h11H,3-10H2,1-2H3. The molecule has 0 atom stereocenters. The van der Waals surface area contributed by atoms with Crippen molar-refractivity contribution in [3.8, 4) is 0 Å². The van der Waals surface area contributed by atoms with Crippen LogP contribution in [0.5, 0.6) is 0 Å².